The highest BCUT2D eigenvalue weighted by Crippen LogP contribution is 2.28. The first kappa shape index (κ1) is 20.9. The smallest absolute Gasteiger partial charge is 0.243 e. The average Bonchev–Trinajstić information content (AvgIpc) is 3.27. The van der Waals surface area contributed by atoms with Gasteiger partial charge >= 0.3 is 0 Å². The van der Waals surface area contributed by atoms with E-state index in [2.05, 4.69) is 23.4 Å². The SMILES string of the molecule is CC(C)Cn1c(C[C@H]2CCN(S(=O)(=O)c3cc(F)cc(F)c3)C2)nc2cccnc21. The lowest BCUT2D eigenvalue weighted by Gasteiger charge is -2.17. The Labute approximate surface area is 174 Å². The van der Waals surface area contributed by atoms with Crippen LogP contribution in [0.25, 0.3) is 11.2 Å². The molecule has 1 fully saturated rings. The normalized spacial score (nSPS) is 18.0. The molecule has 4 rings (SSSR count). The van der Waals surface area contributed by atoms with Gasteiger partial charge in [0.1, 0.15) is 23.0 Å². The Kier molecular flexibility index (Phi) is 5.59. The third kappa shape index (κ3) is 4.09. The molecule has 0 saturated carbocycles. The van der Waals surface area contributed by atoms with Crippen molar-refractivity contribution in [1.82, 2.24) is 18.8 Å². The van der Waals surface area contributed by atoms with Gasteiger partial charge in [-0.15, -0.1) is 0 Å². The highest BCUT2D eigenvalue weighted by molar-refractivity contribution is 7.89. The first-order valence-corrected chi connectivity index (χ1v) is 11.4. The summed E-state index contributed by atoms with van der Waals surface area (Å²) in [6.07, 6.45) is 3.02. The molecule has 160 valence electrons. The molecule has 30 heavy (non-hydrogen) atoms. The summed E-state index contributed by atoms with van der Waals surface area (Å²) in [4.78, 5) is 8.84. The third-order valence-electron chi connectivity index (χ3n) is 5.32. The van der Waals surface area contributed by atoms with Crippen molar-refractivity contribution >= 4 is 21.2 Å². The summed E-state index contributed by atoms with van der Waals surface area (Å²) in [5.74, 6) is -0.440. The van der Waals surface area contributed by atoms with E-state index >= 15 is 0 Å². The van der Waals surface area contributed by atoms with Crippen LogP contribution in [0.4, 0.5) is 8.78 Å². The molecular formula is C21H24F2N4O2S. The van der Waals surface area contributed by atoms with Crippen molar-refractivity contribution in [1.29, 1.82) is 0 Å². The summed E-state index contributed by atoms with van der Waals surface area (Å²) < 4.78 is 56.2. The molecule has 1 saturated heterocycles. The number of halogens is 2. The van der Waals surface area contributed by atoms with Crippen LogP contribution < -0.4 is 0 Å². The minimum atomic E-state index is -3.95. The number of hydrogen-bond acceptors (Lipinski definition) is 4. The van der Waals surface area contributed by atoms with E-state index in [0.29, 0.717) is 37.9 Å². The molecule has 0 radical (unpaired) electrons. The van der Waals surface area contributed by atoms with E-state index in [4.69, 9.17) is 4.98 Å². The standard InChI is InChI=1S/C21H24F2N4O2S/c1-14(2)12-27-20(25-19-4-3-6-24-21(19)27)8-15-5-7-26(13-15)30(28,29)18-10-16(22)9-17(23)11-18/h3-4,6,9-11,14-15H,5,7-8,12-13H2,1-2H3/t15-/m1/s1. The van der Waals surface area contributed by atoms with Crippen LogP contribution in [-0.4, -0.2) is 40.3 Å². The summed E-state index contributed by atoms with van der Waals surface area (Å²) in [7, 11) is -3.95. The molecule has 9 heteroatoms. The lowest BCUT2D eigenvalue weighted by Crippen LogP contribution is -2.29. The van der Waals surface area contributed by atoms with E-state index < -0.39 is 21.7 Å². The van der Waals surface area contributed by atoms with Gasteiger partial charge < -0.3 is 4.57 Å². The molecule has 1 aromatic carbocycles. The number of sulfonamides is 1. The molecule has 0 amide bonds. The Morgan fingerprint density at radius 1 is 1.20 bits per heavy atom. The number of pyridine rings is 1. The van der Waals surface area contributed by atoms with Gasteiger partial charge in [0, 0.05) is 38.3 Å². The molecule has 0 spiro atoms. The van der Waals surface area contributed by atoms with Crippen LogP contribution in [0, 0.1) is 23.5 Å². The maximum atomic E-state index is 13.5. The summed E-state index contributed by atoms with van der Waals surface area (Å²) in [5.41, 5.74) is 1.66. The quantitative estimate of drug-likeness (QED) is 0.594. The predicted molar refractivity (Wildman–Crippen MR) is 109 cm³/mol. The van der Waals surface area contributed by atoms with E-state index in [-0.39, 0.29) is 10.8 Å². The molecule has 3 aromatic rings. The number of benzene rings is 1. The van der Waals surface area contributed by atoms with Crippen molar-refractivity contribution in [2.75, 3.05) is 13.1 Å². The number of fused-ring (bicyclic) bond motifs is 1. The second-order valence-electron chi connectivity index (χ2n) is 8.21. The van der Waals surface area contributed by atoms with Crippen LogP contribution in [0.5, 0.6) is 0 Å². The van der Waals surface area contributed by atoms with Crippen molar-refractivity contribution < 1.29 is 17.2 Å². The molecule has 0 unspecified atom stereocenters. The second kappa shape index (κ2) is 8.03. The van der Waals surface area contributed by atoms with Crippen molar-refractivity contribution in [3.63, 3.8) is 0 Å². The van der Waals surface area contributed by atoms with E-state index in [1.807, 2.05) is 12.1 Å². The minimum Gasteiger partial charge on any atom is -0.312 e. The second-order valence-corrected chi connectivity index (χ2v) is 10.1. The predicted octanol–water partition coefficient (Wildman–Crippen LogP) is 3.62. The van der Waals surface area contributed by atoms with Gasteiger partial charge in [-0.2, -0.15) is 4.31 Å². The van der Waals surface area contributed by atoms with E-state index in [0.717, 1.165) is 35.7 Å². The highest BCUT2D eigenvalue weighted by atomic mass is 32.2. The van der Waals surface area contributed by atoms with E-state index in [9.17, 15) is 17.2 Å². The zero-order chi connectivity index (χ0) is 21.5. The number of aromatic nitrogens is 3. The first-order valence-electron chi connectivity index (χ1n) is 10.0. The van der Waals surface area contributed by atoms with Gasteiger partial charge in [-0.05, 0) is 42.5 Å². The van der Waals surface area contributed by atoms with Crippen molar-refractivity contribution in [3.8, 4) is 0 Å². The molecule has 0 aliphatic carbocycles. The Hall–Kier alpha value is -2.39. The van der Waals surface area contributed by atoms with Gasteiger partial charge in [0.25, 0.3) is 0 Å². The monoisotopic (exact) mass is 434 g/mol. The fourth-order valence-corrected chi connectivity index (χ4v) is 5.56. The number of nitrogens with zero attached hydrogens (tertiary/aromatic N) is 4. The number of hydrogen-bond donors (Lipinski definition) is 0. The van der Waals surface area contributed by atoms with Gasteiger partial charge in [-0.25, -0.2) is 27.2 Å². The Bertz CT molecular complexity index is 1160. The van der Waals surface area contributed by atoms with Crippen molar-refractivity contribution in [2.45, 2.75) is 38.1 Å². The van der Waals surface area contributed by atoms with Crippen LogP contribution in [0.1, 0.15) is 26.1 Å². The van der Waals surface area contributed by atoms with Crippen molar-refractivity contribution in [3.05, 3.63) is 54.0 Å². The summed E-state index contributed by atoms with van der Waals surface area (Å²) in [6.45, 7) is 5.63. The maximum Gasteiger partial charge on any atom is 0.243 e. The Morgan fingerprint density at radius 3 is 2.63 bits per heavy atom. The molecule has 0 bridgehead atoms. The highest BCUT2D eigenvalue weighted by Gasteiger charge is 2.34. The lowest BCUT2D eigenvalue weighted by molar-refractivity contribution is 0.443. The maximum absolute atomic E-state index is 13.5. The Morgan fingerprint density at radius 2 is 1.93 bits per heavy atom. The fourth-order valence-electron chi connectivity index (χ4n) is 3.98. The molecule has 0 N–H and O–H groups in total. The third-order valence-corrected chi connectivity index (χ3v) is 7.17. The molecule has 6 nitrogen and oxygen atoms in total. The largest absolute Gasteiger partial charge is 0.312 e. The van der Waals surface area contributed by atoms with E-state index in [1.54, 1.807) is 6.20 Å². The molecular weight excluding hydrogens is 410 g/mol. The van der Waals surface area contributed by atoms with Crippen LogP contribution >= 0.6 is 0 Å². The topological polar surface area (TPSA) is 68.1 Å². The summed E-state index contributed by atoms with van der Waals surface area (Å²) in [5, 5.41) is 0. The summed E-state index contributed by atoms with van der Waals surface area (Å²) >= 11 is 0. The van der Waals surface area contributed by atoms with Crippen LogP contribution in [0.3, 0.4) is 0 Å². The molecule has 1 aliphatic heterocycles. The number of rotatable bonds is 6. The van der Waals surface area contributed by atoms with Crippen LogP contribution in [0.2, 0.25) is 0 Å². The zero-order valence-electron chi connectivity index (χ0n) is 16.9. The van der Waals surface area contributed by atoms with Gasteiger partial charge in [0.15, 0.2) is 5.65 Å². The van der Waals surface area contributed by atoms with Gasteiger partial charge in [0.05, 0.1) is 4.90 Å². The van der Waals surface area contributed by atoms with Gasteiger partial charge in [-0.1, -0.05) is 13.8 Å². The number of imidazole rings is 1. The molecule has 3 heterocycles. The molecule has 1 aliphatic rings. The molecule has 1 atom stereocenters. The van der Waals surface area contributed by atoms with Crippen LogP contribution in [0.15, 0.2) is 41.4 Å². The fraction of sp³-hybridized carbons (Fsp3) is 0.429. The lowest BCUT2D eigenvalue weighted by atomic mass is 10.0. The van der Waals surface area contributed by atoms with Crippen molar-refractivity contribution in [2.24, 2.45) is 11.8 Å². The minimum absolute atomic E-state index is 0.0703. The van der Waals surface area contributed by atoms with Crippen LogP contribution in [-0.2, 0) is 23.0 Å². The summed E-state index contributed by atoms with van der Waals surface area (Å²) in [6, 6.07) is 6.16. The zero-order valence-corrected chi connectivity index (χ0v) is 17.7. The Balaban J connectivity index is 1.56. The van der Waals surface area contributed by atoms with Gasteiger partial charge in [-0.3, -0.25) is 0 Å². The first-order chi connectivity index (χ1) is 14.2. The van der Waals surface area contributed by atoms with Gasteiger partial charge in [0.2, 0.25) is 10.0 Å². The average molecular weight is 435 g/mol. The van der Waals surface area contributed by atoms with E-state index in [1.165, 1.54) is 4.31 Å². The molecule has 2 aromatic heterocycles.